The first-order valence-electron chi connectivity index (χ1n) is 6.07. The van der Waals surface area contributed by atoms with Crippen LogP contribution in [-0.4, -0.2) is 18.6 Å². The topological polar surface area (TPSA) is 34.1 Å². The Bertz CT molecular complexity index is 493. The molecule has 1 unspecified atom stereocenters. The number of rotatable bonds is 5. The maximum absolute atomic E-state index is 5.45. The van der Waals surface area contributed by atoms with Crippen molar-refractivity contribution in [2.45, 2.75) is 19.9 Å². The van der Waals surface area contributed by atoms with E-state index in [0.29, 0.717) is 6.61 Å². The SMILES string of the molecule is CCOc1ccc(C(NC)c2cnc(C)s2)cc1. The normalized spacial score (nSPS) is 12.4. The molecule has 0 fully saturated rings. The minimum atomic E-state index is 0.201. The summed E-state index contributed by atoms with van der Waals surface area (Å²) in [5, 5.41) is 4.42. The van der Waals surface area contributed by atoms with Crippen LogP contribution in [0.1, 0.15) is 28.4 Å². The summed E-state index contributed by atoms with van der Waals surface area (Å²) in [6, 6.07) is 8.42. The highest BCUT2D eigenvalue weighted by Crippen LogP contribution is 2.27. The lowest BCUT2D eigenvalue weighted by Gasteiger charge is -2.15. The second-order valence-electron chi connectivity index (χ2n) is 4.01. The molecule has 0 radical (unpaired) electrons. The predicted octanol–water partition coefficient (Wildman–Crippen LogP) is 3.16. The largest absolute Gasteiger partial charge is 0.494 e. The number of nitrogens with one attached hydrogen (secondary N) is 1. The molecule has 1 N–H and O–H groups in total. The van der Waals surface area contributed by atoms with Crippen LogP contribution in [0, 0.1) is 6.92 Å². The number of nitrogens with zero attached hydrogens (tertiary/aromatic N) is 1. The Balaban J connectivity index is 2.22. The van der Waals surface area contributed by atoms with Crippen LogP contribution in [0.5, 0.6) is 5.75 Å². The van der Waals surface area contributed by atoms with Gasteiger partial charge >= 0.3 is 0 Å². The van der Waals surface area contributed by atoms with Gasteiger partial charge in [0.15, 0.2) is 0 Å². The monoisotopic (exact) mass is 262 g/mol. The van der Waals surface area contributed by atoms with Gasteiger partial charge in [-0.25, -0.2) is 4.98 Å². The Labute approximate surface area is 112 Å². The van der Waals surface area contributed by atoms with Crippen molar-refractivity contribution in [2.75, 3.05) is 13.7 Å². The highest BCUT2D eigenvalue weighted by atomic mass is 32.1. The highest BCUT2D eigenvalue weighted by Gasteiger charge is 2.14. The van der Waals surface area contributed by atoms with Crippen molar-refractivity contribution < 1.29 is 4.74 Å². The minimum absolute atomic E-state index is 0.201. The molecule has 0 aliphatic carbocycles. The third-order valence-corrected chi connectivity index (χ3v) is 3.71. The third kappa shape index (κ3) is 2.89. The number of aromatic nitrogens is 1. The van der Waals surface area contributed by atoms with Crippen LogP contribution in [-0.2, 0) is 0 Å². The maximum Gasteiger partial charge on any atom is 0.119 e. The lowest BCUT2D eigenvalue weighted by atomic mass is 10.1. The minimum Gasteiger partial charge on any atom is -0.494 e. The predicted molar refractivity (Wildman–Crippen MR) is 75.4 cm³/mol. The molecule has 2 rings (SSSR count). The average molecular weight is 262 g/mol. The van der Waals surface area contributed by atoms with Crippen LogP contribution < -0.4 is 10.1 Å². The van der Waals surface area contributed by atoms with Crippen LogP contribution in [0.3, 0.4) is 0 Å². The van der Waals surface area contributed by atoms with Gasteiger partial charge in [0, 0.05) is 11.1 Å². The van der Waals surface area contributed by atoms with E-state index in [9.17, 15) is 0 Å². The molecule has 96 valence electrons. The van der Waals surface area contributed by atoms with Crippen molar-refractivity contribution in [1.29, 1.82) is 0 Å². The van der Waals surface area contributed by atoms with Crippen LogP contribution in [0.4, 0.5) is 0 Å². The summed E-state index contributed by atoms with van der Waals surface area (Å²) in [6.07, 6.45) is 1.94. The van der Waals surface area contributed by atoms with Gasteiger partial charge in [0.05, 0.1) is 17.7 Å². The maximum atomic E-state index is 5.45. The van der Waals surface area contributed by atoms with Crippen molar-refractivity contribution in [3.63, 3.8) is 0 Å². The fourth-order valence-corrected chi connectivity index (χ4v) is 2.83. The molecular weight excluding hydrogens is 244 g/mol. The van der Waals surface area contributed by atoms with Gasteiger partial charge in [0.1, 0.15) is 5.75 Å². The molecule has 1 aromatic carbocycles. The summed E-state index contributed by atoms with van der Waals surface area (Å²) < 4.78 is 5.45. The number of thiazole rings is 1. The molecule has 0 saturated carbocycles. The molecule has 1 aromatic heterocycles. The molecule has 4 heteroatoms. The van der Waals surface area contributed by atoms with E-state index in [1.165, 1.54) is 10.4 Å². The van der Waals surface area contributed by atoms with Gasteiger partial charge in [0.2, 0.25) is 0 Å². The molecule has 2 aromatic rings. The van der Waals surface area contributed by atoms with Gasteiger partial charge in [-0.05, 0) is 38.6 Å². The van der Waals surface area contributed by atoms with Crippen molar-refractivity contribution >= 4 is 11.3 Å². The lowest BCUT2D eigenvalue weighted by Crippen LogP contribution is -2.16. The molecule has 18 heavy (non-hydrogen) atoms. The fraction of sp³-hybridized carbons (Fsp3) is 0.357. The molecule has 1 atom stereocenters. The van der Waals surface area contributed by atoms with Crippen LogP contribution in [0.15, 0.2) is 30.5 Å². The van der Waals surface area contributed by atoms with Gasteiger partial charge in [0.25, 0.3) is 0 Å². The van der Waals surface area contributed by atoms with E-state index in [1.807, 2.05) is 39.2 Å². The molecular formula is C14H18N2OS. The summed E-state index contributed by atoms with van der Waals surface area (Å²) in [5.74, 6) is 0.914. The third-order valence-electron chi connectivity index (χ3n) is 2.74. The molecule has 0 amide bonds. The van der Waals surface area contributed by atoms with E-state index < -0.39 is 0 Å². The first kappa shape index (κ1) is 13.1. The molecule has 3 nitrogen and oxygen atoms in total. The molecule has 1 heterocycles. The van der Waals surface area contributed by atoms with Gasteiger partial charge in [-0.3, -0.25) is 0 Å². The standard InChI is InChI=1S/C14H18N2OS/c1-4-17-12-7-5-11(6-8-12)14(15-3)13-9-16-10(2)18-13/h5-9,14-15H,4H2,1-3H3. The van der Waals surface area contributed by atoms with Crippen LogP contribution in [0.25, 0.3) is 0 Å². The lowest BCUT2D eigenvalue weighted by molar-refractivity contribution is 0.340. The Hall–Kier alpha value is -1.39. The van der Waals surface area contributed by atoms with Crippen LogP contribution >= 0.6 is 11.3 Å². The molecule has 0 spiro atoms. The average Bonchev–Trinajstić information content (AvgIpc) is 2.79. The number of ether oxygens (including phenoxy) is 1. The molecule has 0 saturated heterocycles. The van der Waals surface area contributed by atoms with E-state index >= 15 is 0 Å². The van der Waals surface area contributed by atoms with Gasteiger partial charge in [-0.15, -0.1) is 11.3 Å². The zero-order valence-corrected chi connectivity index (χ0v) is 11.8. The molecule has 0 bridgehead atoms. The fourth-order valence-electron chi connectivity index (χ4n) is 1.91. The van der Waals surface area contributed by atoms with E-state index in [4.69, 9.17) is 4.74 Å². The van der Waals surface area contributed by atoms with Gasteiger partial charge in [-0.1, -0.05) is 12.1 Å². The van der Waals surface area contributed by atoms with E-state index in [0.717, 1.165) is 10.8 Å². The number of aryl methyl sites for hydroxylation is 1. The number of hydrogen-bond donors (Lipinski definition) is 1. The zero-order chi connectivity index (χ0) is 13.0. The first-order valence-corrected chi connectivity index (χ1v) is 6.88. The first-order chi connectivity index (χ1) is 8.74. The molecule has 0 aliphatic rings. The Morgan fingerprint density at radius 3 is 2.56 bits per heavy atom. The highest BCUT2D eigenvalue weighted by molar-refractivity contribution is 7.11. The van der Waals surface area contributed by atoms with Gasteiger partial charge in [-0.2, -0.15) is 0 Å². The van der Waals surface area contributed by atoms with Crippen LogP contribution in [0.2, 0.25) is 0 Å². The summed E-state index contributed by atoms with van der Waals surface area (Å²) >= 11 is 1.72. The van der Waals surface area contributed by atoms with Gasteiger partial charge < -0.3 is 10.1 Å². The summed E-state index contributed by atoms with van der Waals surface area (Å²) in [5.41, 5.74) is 1.23. The number of hydrogen-bond acceptors (Lipinski definition) is 4. The summed E-state index contributed by atoms with van der Waals surface area (Å²) in [7, 11) is 1.97. The van der Waals surface area contributed by atoms with Crippen molar-refractivity contribution in [3.05, 3.63) is 45.9 Å². The quantitative estimate of drug-likeness (QED) is 0.898. The van der Waals surface area contributed by atoms with E-state index in [-0.39, 0.29) is 6.04 Å². The summed E-state index contributed by atoms with van der Waals surface area (Å²) in [4.78, 5) is 5.55. The molecule has 0 aliphatic heterocycles. The smallest absolute Gasteiger partial charge is 0.119 e. The van der Waals surface area contributed by atoms with E-state index in [2.05, 4.69) is 22.4 Å². The van der Waals surface area contributed by atoms with Crippen molar-refractivity contribution in [3.8, 4) is 5.75 Å². The zero-order valence-electron chi connectivity index (χ0n) is 10.9. The summed E-state index contributed by atoms with van der Waals surface area (Å²) in [6.45, 7) is 4.71. The van der Waals surface area contributed by atoms with Crippen molar-refractivity contribution in [1.82, 2.24) is 10.3 Å². The van der Waals surface area contributed by atoms with E-state index in [1.54, 1.807) is 11.3 Å². The number of benzene rings is 1. The Morgan fingerprint density at radius 2 is 2.06 bits per heavy atom. The second-order valence-corrected chi connectivity index (χ2v) is 5.27. The van der Waals surface area contributed by atoms with Crippen molar-refractivity contribution in [2.24, 2.45) is 0 Å². The Morgan fingerprint density at radius 1 is 1.33 bits per heavy atom. The second kappa shape index (κ2) is 5.98. The Kier molecular flexibility index (Phi) is 4.33.